The summed E-state index contributed by atoms with van der Waals surface area (Å²) in [7, 11) is 0. The van der Waals surface area contributed by atoms with Gasteiger partial charge in [0, 0.05) is 5.56 Å². The number of fused-ring (bicyclic) bond motifs is 2. The second-order valence-electron chi connectivity index (χ2n) is 6.83. The topological polar surface area (TPSA) is 26.3 Å². The third kappa shape index (κ3) is 5.95. The van der Waals surface area contributed by atoms with Gasteiger partial charge in [-0.25, -0.2) is 4.79 Å². The first-order chi connectivity index (χ1) is 13.6. The van der Waals surface area contributed by atoms with Crippen LogP contribution in [0.1, 0.15) is 106 Å². The molecular formula is C26H38O2. The zero-order valence-corrected chi connectivity index (χ0v) is 18.8. The van der Waals surface area contributed by atoms with Crippen LogP contribution < -0.4 is 0 Å². The first-order valence-electron chi connectivity index (χ1n) is 11.0. The molecule has 1 aliphatic heterocycles. The molecular weight excluding hydrogens is 344 g/mol. The summed E-state index contributed by atoms with van der Waals surface area (Å²) < 4.78 is 4.99. The van der Waals surface area contributed by atoms with Crippen LogP contribution in [0, 0.1) is 0 Å². The van der Waals surface area contributed by atoms with Crippen LogP contribution in [-0.2, 0) is 17.6 Å². The van der Waals surface area contributed by atoms with Crippen LogP contribution in [0.2, 0.25) is 0 Å². The highest BCUT2D eigenvalue weighted by Crippen LogP contribution is 2.29. The lowest BCUT2D eigenvalue weighted by molar-refractivity contribution is 0.0422. The highest BCUT2D eigenvalue weighted by Gasteiger charge is 2.26. The van der Waals surface area contributed by atoms with Crippen molar-refractivity contribution in [1.29, 1.82) is 0 Å². The van der Waals surface area contributed by atoms with E-state index in [-0.39, 0.29) is 12.1 Å². The molecule has 2 nitrogen and oxygen atoms in total. The van der Waals surface area contributed by atoms with Crippen molar-refractivity contribution in [2.45, 2.75) is 86.2 Å². The minimum absolute atomic E-state index is 0.0706. The number of carbonyl (C=O) groups is 1. The number of hydrogen-bond donors (Lipinski definition) is 0. The molecule has 0 saturated heterocycles. The molecule has 0 saturated carbocycles. The standard InChI is InChI=1S/C13H18.C9H8O2.2C2H6/c1-3-10(2)12-8-7-11-5-4-6-13(11)9-12;1-6-7-4-2-3-5-8(7)9(10)11-6;2*1-2/h7-10H,3-6H2,1-2H3;2-6H,1H3;2*1-2H3. The summed E-state index contributed by atoms with van der Waals surface area (Å²) in [6.07, 6.45) is 5.15. The van der Waals surface area contributed by atoms with E-state index in [1.165, 1.54) is 31.2 Å². The van der Waals surface area contributed by atoms with Crippen molar-refractivity contribution in [1.82, 2.24) is 0 Å². The molecule has 0 spiro atoms. The lowest BCUT2D eigenvalue weighted by Gasteiger charge is -2.10. The van der Waals surface area contributed by atoms with E-state index >= 15 is 0 Å². The van der Waals surface area contributed by atoms with Gasteiger partial charge >= 0.3 is 5.97 Å². The number of cyclic esters (lactones) is 1. The summed E-state index contributed by atoms with van der Waals surface area (Å²) in [5.41, 5.74) is 6.44. The highest BCUT2D eigenvalue weighted by molar-refractivity contribution is 5.93. The summed E-state index contributed by atoms with van der Waals surface area (Å²) in [4.78, 5) is 11.1. The first kappa shape index (κ1) is 23.9. The Hall–Kier alpha value is -2.09. The molecule has 2 aromatic carbocycles. The molecule has 2 heteroatoms. The van der Waals surface area contributed by atoms with Gasteiger partial charge in [0.1, 0.15) is 6.10 Å². The van der Waals surface area contributed by atoms with Gasteiger partial charge in [-0.1, -0.05) is 77.9 Å². The van der Waals surface area contributed by atoms with Crippen molar-refractivity contribution >= 4 is 5.97 Å². The molecule has 0 amide bonds. The minimum atomic E-state index is -0.201. The highest BCUT2D eigenvalue weighted by atomic mass is 16.5. The average Bonchev–Trinajstić information content (AvgIpc) is 3.35. The fourth-order valence-corrected chi connectivity index (χ4v) is 3.46. The monoisotopic (exact) mass is 382 g/mol. The average molecular weight is 383 g/mol. The fraction of sp³-hybridized carbons (Fsp3) is 0.500. The molecule has 2 aromatic rings. The number of benzene rings is 2. The van der Waals surface area contributed by atoms with E-state index < -0.39 is 0 Å². The van der Waals surface area contributed by atoms with E-state index in [1.807, 2.05) is 52.8 Å². The van der Waals surface area contributed by atoms with Crippen LogP contribution in [0.15, 0.2) is 42.5 Å². The van der Waals surface area contributed by atoms with Crippen molar-refractivity contribution in [2.75, 3.05) is 0 Å². The van der Waals surface area contributed by atoms with E-state index in [0.717, 1.165) is 11.5 Å². The molecule has 0 fully saturated rings. The van der Waals surface area contributed by atoms with E-state index in [1.54, 1.807) is 17.2 Å². The Morgan fingerprint density at radius 3 is 2.29 bits per heavy atom. The van der Waals surface area contributed by atoms with Crippen LogP contribution in [0.4, 0.5) is 0 Å². The van der Waals surface area contributed by atoms with E-state index in [2.05, 4.69) is 32.0 Å². The Kier molecular flexibility index (Phi) is 10.6. The van der Waals surface area contributed by atoms with Crippen molar-refractivity contribution in [3.05, 3.63) is 70.3 Å². The Morgan fingerprint density at radius 2 is 1.64 bits per heavy atom. The molecule has 2 aliphatic rings. The second-order valence-corrected chi connectivity index (χ2v) is 6.83. The number of carbonyl (C=O) groups excluding carboxylic acids is 1. The molecule has 0 N–H and O–H groups in total. The number of hydrogen-bond acceptors (Lipinski definition) is 2. The summed E-state index contributed by atoms with van der Waals surface area (Å²) >= 11 is 0. The third-order valence-electron chi connectivity index (χ3n) is 5.21. The number of ether oxygens (including phenoxy) is 1. The normalized spacial score (nSPS) is 16.7. The zero-order chi connectivity index (χ0) is 21.1. The quantitative estimate of drug-likeness (QED) is 0.498. The number of rotatable bonds is 2. The predicted molar refractivity (Wildman–Crippen MR) is 120 cm³/mol. The second kappa shape index (κ2) is 12.4. The Balaban J connectivity index is 0.000000240. The maximum atomic E-state index is 11.1. The van der Waals surface area contributed by atoms with Gasteiger partial charge in [0.05, 0.1) is 5.56 Å². The van der Waals surface area contributed by atoms with Gasteiger partial charge in [-0.2, -0.15) is 0 Å². The largest absolute Gasteiger partial charge is 0.454 e. The SMILES string of the molecule is CC.CC.CC1OC(=O)c2ccccc21.CCC(C)c1ccc2c(c1)CCC2. The van der Waals surface area contributed by atoms with Crippen molar-refractivity contribution in [2.24, 2.45) is 0 Å². The Morgan fingerprint density at radius 1 is 1.00 bits per heavy atom. The van der Waals surface area contributed by atoms with Gasteiger partial charge in [-0.15, -0.1) is 0 Å². The van der Waals surface area contributed by atoms with E-state index in [9.17, 15) is 4.79 Å². The lowest BCUT2D eigenvalue weighted by atomic mass is 9.95. The first-order valence-corrected chi connectivity index (χ1v) is 11.0. The van der Waals surface area contributed by atoms with Crippen LogP contribution in [0.25, 0.3) is 0 Å². The Labute approximate surface area is 172 Å². The van der Waals surface area contributed by atoms with Gasteiger partial charge in [-0.05, 0) is 61.3 Å². The molecule has 1 aliphatic carbocycles. The molecule has 154 valence electrons. The predicted octanol–water partition coefficient (Wildman–Crippen LogP) is 7.66. The summed E-state index contributed by atoms with van der Waals surface area (Å²) in [6, 6.07) is 14.6. The Bertz CT molecular complexity index is 733. The fourth-order valence-electron chi connectivity index (χ4n) is 3.46. The number of esters is 1. The molecule has 0 radical (unpaired) electrons. The van der Waals surface area contributed by atoms with E-state index in [4.69, 9.17) is 4.74 Å². The van der Waals surface area contributed by atoms with Crippen molar-refractivity contribution in [3.63, 3.8) is 0 Å². The molecule has 0 bridgehead atoms. The van der Waals surface area contributed by atoms with Gasteiger partial charge < -0.3 is 4.74 Å². The summed E-state index contributed by atoms with van der Waals surface area (Å²) in [5, 5.41) is 0. The minimum Gasteiger partial charge on any atom is -0.454 e. The van der Waals surface area contributed by atoms with E-state index in [0.29, 0.717) is 5.56 Å². The molecule has 2 unspecified atom stereocenters. The molecule has 2 atom stereocenters. The van der Waals surface area contributed by atoms with Crippen LogP contribution in [-0.4, -0.2) is 5.97 Å². The van der Waals surface area contributed by atoms with Gasteiger partial charge in [0.15, 0.2) is 0 Å². The van der Waals surface area contributed by atoms with Crippen molar-refractivity contribution in [3.8, 4) is 0 Å². The van der Waals surface area contributed by atoms with Gasteiger partial charge in [0.2, 0.25) is 0 Å². The van der Waals surface area contributed by atoms with Crippen LogP contribution in [0.5, 0.6) is 0 Å². The zero-order valence-electron chi connectivity index (χ0n) is 18.8. The van der Waals surface area contributed by atoms with Crippen LogP contribution >= 0.6 is 0 Å². The van der Waals surface area contributed by atoms with Crippen molar-refractivity contribution < 1.29 is 9.53 Å². The van der Waals surface area contributed by atoms with Crippen LogP contribution in [0.3, 0.4) is 0 Å². The molecule has 1 heterocycles. The van der Waals surface area contributed by atoms with Gasteiger partial charge in [0.25, 0.3) is 0 Å². The maximum absolute atomic E-state index is 11.1. The summed E-state index contributed by atoms with van der Waals surface area (Å²) in [6.45, 7) is 14.5. The lowest BCUT2D eigenvalue weighted by Crippen LogP contribution is -1.93. The molecule has 4 rings (SSSR count). The summed E-state index contributed by atoms with van der Waals surface area (Å²) in [5.74, 6) is 0.527. The smallest absolute Gasteiger partial charge is 0.339 e. The van der Waals surface area contributed by atoms with Gasteiger partial charge in [-0.3, -0.25) is 0 Å². The maximum Gasteiger partial charge on any atom is 0.339 e. The third-order valence-corrected chi connectivity index (χ3v) is 5.21. The molecule has 28 heavy (non-hydrogen) atoms. The molecule has 0 aromatic heterocycles. The number of aryl methyl sites for hydroxylation is 2.